The number of hydrogen-bond acceptors (Lipinski definition) is 3. The van der Waals surface area contributed by atoms with Crippen molar-refractivity contribution in [3.8, 4) is 0 Å². The molecule has 0 aliphatic rings. The quantitative estimate of drug-likeness (QED) is 0.752. The highest BCUT2D eigenvalue weighted by atomic mass is 16.2. The van der Waals surface area contributed by atoms with E-state index in [1.54, 1.807) is 31.3 Å². The summed E-state index contributed by atoms with van der Waals surface area (Å²) < 4.78 is 0. The monoisotopic (exact) mass is 263 g/mol. The fourth-order valence-corrected chi connectivity index (χ4v) is 1.51. The smallest absolute Gasteiger partial charge is 0.251 e. The predicted molar refractivity (Wildman–Crippen MR) is 76.0 cm³/mol. The Morgan fingerprint density at radius 2 is 1.79 bits per heavy atom. The van der Waals surface area contributed by atoms with E-state index in [1.165, 1.54) is 0 Å². The Bertz CT molecular complexity index is 447. The summed E-state index contributed by atoms with van der Waals surface area (Å²) in [4.78, 5) is 23.0. The van der Waals surface area contributed by atoms with Gasteiger partial charge in [0.2, 0.25) is 5.91 Å². The van der Waals surface area contributed by atoms with Crippen LogP contribution in [-0.4, -0.2) is 24.4 Å². The third-order valence-corrected chi connectivity index (χ3v) is 2.65. The summed E-state index contributed by atoms with van der Waals surface area (Å²) >= 11 is 0. The zero-order valence-corrected chi connectivity index (χ0v) is 11.6. The number of hydrogen-bond donors (Lipinski definition) is 3. The van der Waals surface area contributed by atoms with E-state index in [2.05, 4.69) is 10.6 Å². The van der Waals surface area contributed by atoms with Crippen molar-refractivity contribution in [3.05, 3.63) is 29.8 Å². The molecule has 0 aliphatic heterocycles. The van der Waals surface area contributed by atoms with Crippen LogP contribution in [0.4, 0.5) is 5.69 Å². The minimum atomic E-state index is -0.347. The third kappa shape index (κ3) is 5.52. The maximum atomic E-state index is 11.7. The molecule has 0 fully saturated rings. The Labute approximate surface area is 113 Å². The van der Waals surface area contributed by atoms with E-state index >= 15 is 0 Å². The fourth-order valence-electron chi connectivity index (χ4n) is 1.51. The zero-order chi connectivity index (χ0) is 14.5. The lowest BCUT2D eigenvalue weighted by atomic mass is 10.00. The third-order valence-electron chi connectivity index (χ3n) is 2.65. The van der Waals surface area contributed by atoms with Crippen molar-refractivity contribution >= 4 is 17.5 Å². The molecule has 1 aromatic rings. The number of nitrogens with one attached hydrogen (secondary N) is 2. The Hall–Kier alpha value is -1.88. The Balaban J connectivity index is 2.54. The Morgan fingerprint density at radius 3 is 2.26 bits per heavy atom. The largest absolute Gasteiger partial charge is 0.355 e. The average Bonchev–Trinajstić information content (AvgIpc) is 2.35. The second kappa shape index (κ2) is 6.33. The molecule has 0 heterocycles. The first-order chi connectivity index (χ1) is 8.81. The molecular formula is C14H21N3O2. The molecule has 4 N–H and O–H groups in total. The van der Waals surface area contributed by atoms with E-state index in [0.29, 0.717) is 24.1 Å². The van der Waals surface area contributed by atoms with Gasteiger partial charge in [-0.25, -0.2) is 0 Å². The van der Waals surface area contributed by atoms with E-state index in [9.17, 15) is 9.59 Å². The molecule has 1 rings (SSSR count). The van der Waals surface area contributed by atoms with Crippen LogP contribution >= 0.6 is 0 Å². The van der Waals surface area contributed by atoms with Gasteiger partial charge in [-0.15, -0.1) is 0 Å². The van der Waals surface area contributed by atoms with Gasteiger partial charge in [-0.1, -0.05) is 0 Å². The molecular weight excluding hydrogens is 242 g/mol. The molecule has 0 aromatic heterocycles. The van der Waals surface area contributed by atoms with Crippen LogP contribution in [-0.2, 0) is 4.79 Å². The number of amides is 2. The van der Waals surface area contributed by atoms with Gasteiger partial charge in [0.1, 0.15) is 0 Å². The van der Waals surface area contributed by atoms with Gasteiger partial charge in [0, 0.05) is 30.3 Å². The molecule has 1 aromatic carbocycles. The lowest BCUT2D eigenvalue weighted by molar-refractivity contribution is -0.116. The van der Waals surface area contributed by atoms with E-state index in [1.807, 2.05) is 13.8 Å². The lowest BCUT2D eigenvalue weighted by Crippen LogP contribution is -2.33. The predicted octanol–water partition coefficient (Wildman–Crippen LogP) is 1.50. The first-order valence-electron chi connectivity index (χ1n) is 6.23. The number of carbonyl (C=O) groups is 2. The first-order valence-corrected chi connectivity index (χ1v) is 6.23. The van der Waals surface area contributed by atoms with Crippen molar-refractivity contribution in [2.75, 3.05) is 12.4 Å². The summed E-state index contributed by atoms with van der Waals surface area (Å²) in [5.74, 6) is -0.228. The summed E-state index contributed by atoms with van der Waals surface area (Å²) in [6, 6.07) is 6.74. The standard InChI is InChI=1S/C14H21N3O2/c1-14(2,15)9-8-12(18)17-11-6-4-10(5-7-11)13(19)16-3/h4-7H,8-9,15H2,1-3H3,(H,16,19)(H,17,18). The second-order valence-corrected chi connectivity index (χ2v) is 5.19. The van der Waals surface area contributed by atoms with Crippen molar-refractivity contribution < 1.29 is 9.59 Å². The number of nitrogens with two attached hydrogens (primary N) is 1. The van der Waals surface area contributed by atoms with Gasteiger partial charge in [-0.2, -0.15) is 0 Å². The van der Waals surface area contributed by atoms with Crippen LogP contribution < -0.4 is 16.4 Å². The lowest BCUT2D eigenvalue weighted by Gasteiger charge is -2.17. The Kier molecular flexibility index (Phi) is 5.06. The molecule has 0 radical (unpaired) electrons. The highest BCUT2D eigenvalue weighted by Gasteiger charge is 2.13. The van der Waals surface area contributed by atoms with Crippen LogP contribution in [0.15, 0.2) is 24.3 Å². The van der Waals surface area contributed by atoms with Gasteiger partial charge in [0.15, 0.2) is 0 Å². The van der Waals surface area contributed by atoms with Crippen LogP contribution in [0.5, 0.6) is 0 Å². The molecule has 0 unspecified atom stereocenters. The van der Waals surface area contributed by atoms with E-state index < -0.39 is 0 Å². The van der Waals surface area contributed by atoms with Crippen LogP contribution in [0.25, 0.3) is 0 Å². The zero-order valence-electron chi connectivity index (χ0n) is 11.6. The van der Waals surface area contributed by atoms with Gasteiger partial charge in [-0.05, 0) is 44.5 Å². The minimum absolute atomic E-state index is 0.0776. The van der Waals surface area contributed by atoms with E-state index in [0.717, 1.165) is 0 Å². The molecule has 5 nitrogen and oxygen atoms in total. The van der Waals surface area contributed by atoms with Crippen molar-refractivity contribution in [1.29, 1.82) is 0 Å². The molecule has 104 valence electrons. The molecule has 2 amide bonds. The normalized spacial score (nSPS) is 10.9. The first kappa shape index (κ1) is 15.2. The molecule has 0 saturated carbocycles. The highest BCUT2D eigenvalue weighted by Crippen LogP contribution is 2.12. The molecule has 0 atom stereocenters. The topological polar surface area (TPSA) is 84.2 Å². The van der Waals surface area contributed by atoms with Gasteiger partial charge in [0.05, 0.1) is 0 Å². The Morgan fingerprint density at radius 1 is 1.21 bits per heavy atom. The van der Waals surface area contributed by atoms with Gasteiger partial charge < -0.3 is 16.4 Å². The number of anilines is 1. The van der Waals surface area contributed by atoms with Crippen molar-refractivity contribution in [1.82, 2.24) is 5.32 Å². The summed E-state index contributed by atoms with van der Waals surface area (Å²) in [5.41, 5.74) is 6.71. The molecule has 5 heteroatoms. The SMILES string of the molecule is CNC(=O)c1ccc(NC(=O)CCC(C)(C)N)cc1. The molecule has 19 heavy (non-hydrogen) atoms. The van der Waals surface area contributed by atoms with Crippen molar-refractivity contribution in [3.63, 3.8) is 0 Å². The number of benzene rings is 1. The van der Waals surface area contributed by atoms with Crippen molar-refractivity contribution in [2.24, 2.45) is 5.73 Å². The van der Waals surface area contributed by atoms with Crippen LogP contribution in [0.3, 0.4) is 0 Å². The molecule has 0 bridgehead atoms. The van der Waals surface area contributed by atoms with Gasteiger partial charge >= 0.3 is 0 Å². The van der Waals surface area contributed by atoms with Crippen molar-refractivity contribution in [2.45, 2.75) is 32.2 Å². The van der Waals surface area contributed by atoms with Crippen LogP contribution in [0, 0.1) is 0 Å². The van der Waals surface area contributed by atoms with E-state index in [4.69, 9.17) is 5.73 Å². The molecule has 0 spiro atoms. The minimum Gasteiger partial charge on any atom is -0.355 e. The van der Waals surface area contributed by atoms with E-state index in [-0.39, 0.29) is 17.4 Å². The van der Waals surface area contributed by atoms with Gasteiger partial charge in [0.25, 0.3) is 5.91 Å². The van der Waals surface area contributed by atoms with Crippen LogP contribution in [0.2, 0.25) is 0 Å². The summed E-state index contributed by atoms with van der Waals surface area (Å²) in [6.45, 7) is 3.77. The average molecular weight is 263 g/mol. The summed E-state index contributed by atoms with van der Waals surface area (Å²) in [6.07, 6.45) is 0.996. The van der Waals surface area contributed by atoms with Gasteiger partial charge in [-0.3, -0.25) is 9.59 Å². The molecule has 0 aliphatic carbocycles. The number of carbonyl (C=O) groups excluding carboxylic acids is 2. The summed E-state index contributed by atoms with van der Waals surface area (Å²) in [5, 5.41) is 5.31. The maximum Gasteiger partial charge on any atom is 0.251 e. The van der Waals surface area contributed by atoms with Crippen LogP contribution in [0.1, 0.15) is 37.0 Å². The highest BCUT2D eigenvalue weighted by molar-refractivity contribution is 5.95. The second-order valence-electron chi connectivity index (χ2n) is 5.19. The fraction of sp³-hybridized carbons (Fsp3) is 0.429. The number of rotatable bonds is 5. The maximum absolute atomic E-state index is 11.7. The molecule has 0 saturated heterocycles. The summed E-state index contributed by atoms with van der Waals surface area (Å²) in [7, 11) is 1.58.